The van der Waals surface area contributed by atoms with Crippen LogP contribution >= 0.6 is 0 Å². The quantitative estimate of drug-likeness (QED) is 0.618. The van der Waals surface area contributed by atoms with E-state index in [1.807, 2.05) is 24.3 Å². The SMILES string of the molecule is CCN(CC)S(=O)(=O)c1ccc(N2CCOCC2)c(NC(=O)Cc2cccc(OC)c2)c1. The third-order valence-electron chi connectivity index (χ3n) is 5.44. The van der Waals surface area contributed by atoms with Gasteiger partial charge in [-0.2, -0.15) is 4.31 Å². The Balaban J connectivity index is 1.91. The molecule has 2 aromatic carbocycles. The van der Waals surface area contributed by atoms with Gasteiger partial charge in [0.1, 0.15) is 5.75 Å². The smallest absolute Gasteiger partial charge is 0.243 e. The molecule has 1 heterocycles. The van der Waals surface area contributed by atoms with Crippen molar-refractivity contribution in [1.82, 2.24) is 4.31 Å². The Morgan fingerprint density at radius 2 is 1.84 bits per heavy atom. The summed E-state index contributed by atoms with van der Waals surface area (Å²) in [6.07, 6.45) is 0.146. The molecule has 0 spiro atoms. The molecule has 1 saturated heterocycles. The Morgan fingerprint density at radius 3 is 2.50 bits per heavy atom. The summed E-state index contributed by atoms with van der Waals surface area (Å²) in [6, 6.07) is 12.2. The fourth-order valence-corrected chi connectivity index (χ4v) is 5.22. The standard InChI is InChI=1S/C23H31N3O5S/c1-4-26(5-2)32(28,29)20-9-10-22(25-11-13-31-14-12-25)21(17-20)24-23(27)16-18-7-6-8-19(15-18)30-3/h6-10,15,17H,4-5,11-14,16H2,1-3H3,(H,24,27). The number of morpholine rings is 1. The van der Waals surface area contributed by atoms with Crippen molar-refractivity contribution in [3.63, 3.8) is 0 Å². The second kappa shape index (κ2) is 10.8. The molecule has 9 heteroatoms. The van der Waals surface area contributed by atoms with Crippen LogP contribution in [-0.4, -0.2) is 65.1 Å². The van der Waals surface area contributed by atoms with E-state index in [0.29, 0.717) is 50.8 Å². The number of carbonyl (C=O) groups excluding carboxylic acids is 1. The van der Waals surface area contributed by atoms with E-state index >= 15 is 0 Å². The van der Waals surface area contributed by atoms with Crippen LogP contribution in [0.4, 0.5) is 11.4 Å². The third kappa shape index (κ3) is 5.59. The van der Waals surface area contributed by atoms with Crippen LogP contribution in [0.5, 0.6) is 5.75 Å². The first-order valence-corrected chi connectivity index (χ1v) is 12.2. The van der Waals surface area contributed by atoms with Crippen molar-refractivity contribution in [2.75, 3.05) is 56.7 Å². The van der Waals surface area contributed by atoms with E-state index < -0.39 is 10.0 Å². The lowest BCUT2D eigenvalue weighted by molar-refractivity contribution is -0.115. The van der Waals surface area contributed by atoms with Crippen molar-refractivity contribution in [3.8, 4) is 5.75 Å². The molecule has 174 valence electrons. The molecule has 32 heavy (non-hydrogen) atoms. The molecule has 1 N–H and O–H groups in total. The zero-order valence-electron chi connectivity index (χ0n) is 18.8. The Hall–Kier alpha value is -2.62. The molecule has 2 aromatic rings. The number of nitrogens with one attached hydrogen (secondary N) is 1. The van der Waals surface area contributed by atoms with Gasteiger partial charge in [-0.05, 0) is 35.9 Å². The van der Waals surface area contributed by atoms with Gasteiger partial charge in [-0.1, -0.05) is 26.0 Å². The lowest BCUT2D eigenvalue weighted by Crippen LogP contribution is -2.37. The van der Waals surface area contributed by atoms with E-state index in [-0.39, 0.29) is 17.2 Å². The number of ether oxygens (including phenoxy) is 2. The van der Waals surface area contributed by atoms with E-state index in [9.17, 15) is 13.2 Å². The van der Waals surface area contributed by atoms with Crippen LogP contribution in [-0.2, 0) is 26.0 Å². The van der Waals surface area contributed by atoms with Gasteiger partial charge in [-0.15, -0.1) is 0 Å². The second-order valence-corrected chi connectivity index (χ2v) is 9.38. The van der Waals surface area contributed by atoms with E-state index in [2.05, 4.69) is 10.2 Å². The molecular weight excluding hydrogens is 430 g/mol. The lowest BCUT2D eigenvalue weighted by Gasteiger charge is -2.31. The van der Waals surface area contributed by atoms with Crippen molar-refractivity contribution in [2.45, 2.75) is 25.2 Å². The number of sulfonamides is 1. The third-order valence-corrected chi connectivity index (χ3v) is 7.48. The summed E-state index contributed by atoms with van der Waals surface area (Å²) in [4.78, 5) is 15.1. The maximum atomic E-state index is 13.0. The van der Waals surface area contributed by atoms with Gasteiger partial charge in [0.15, 0.2) is 0 Å². The number of nitrogens with zero attached hydrogens (tertiary/aromatic N) is 2. The predicted octanol–water partition coefficient (Wildman–Crippen LogP) is 2.74. The molecule has 1 aliphatic heterocycles. The van der Waals surface area contributed by atoms with Crippen LogP contribution in [0, 0.1) is 0 Å². The first kappa shape index (κ1) is 24.0. The van der Waals surface area contributed by atoms with E-state index in [0.717, 1.165) is 11.3 Å². The topological polar surface area (TPSA) is 88.2 Å². The van der Waals surface area contributed by atoms with Gasteiger partial charge in [0, 0.05) is 26.2 Å². The van der Waals surface area contributed by atoms with Gasteiger partial charge in [0.25, 0.3) is 0 Å². The van der Waals surface area contributed by atoms with Gasteiger partial charge < -0.3 is 19.7 Å². The van der Waals surface area contributed by atoms with E-state index in [1.54, 1.807) is 39.2 Å². The molecule has 0 bridgehead atoms. The normalized spacial score (nSPS) is 14.4. The Morgan fingerprint density at radius 1 is 1.12 bits per heavy atom. The van der Waals surface area contributed by atoms with Crippen LogP contribution in [0.15, 0.2) is 47.4 Å². The number of hydrogen-bond donors (Lipinski definition) is 1. The number of anilines is 2. The van der Waals surface area contributed by atoms with Gasteiger partial charge >= 0.3 is 0 Å². The van der Waals surface area contributed by atoms with Gasteiger partial charge in [-0.25, -0.2) is 8.42 Å². The highest BCUT2D eigenvalue weighted by Gasteiger charge is 2.24. The maximum Gasteiger partial charge on any atom is 0.243 e. The number of benzene rings is 2. The zero-order chi connectivity index (χ0) is 23.1. The highest BCUT2D eigenvalue weighted by Crippen LogP contribution is 2.31. The Kier molecular flexibility index (Phi) is 8.11. The van der Waals surface area contributed by atoms with Crippen molar-refractivity contribution in [2.24, 2.45) is 0 Å². The van der Waals surface area contributed by atoms with Gasteiger partial charge in [0.05, 0.1) is 43.0 Å². The van der Waals surface area contributed by atoms with Crippen LogP contribution in [0.1, 0.15) is 19.4 Å². The monoisotopic (exact) mass is 461 g/mol. The summed E-state index contributed by atoms with van der Waals surface area (Å²) >= 11 is 0. The summed E-state index contributed by atoms with van der Waals surface area (Å²) in [5.74, 6) is 0.446. The molecule has 0 saturated carbocycles. The average molecular weight is 462 g/mol. The first-order valence-electron chi connectivity index (χ1n) is 10.8. The Labute approximate surface area is 190 Å². The van der Waals surface area contributed by atoms with Crippen LogP contribution in [0.25, 0.3) is 0 Å². The molecule has 1 fully saturated rings. The summed E-state index contributed by atoms with van der Waals surface area (Å²) in [6.45, 7) is 6.86. The maximum absolute atomic E-state index is 13.0. The number of hydrogen-bond acceptors (Lipinski definition) is 6. The van der Waals surface area contributed by atoms with Crippen LogP contribution in [0.2, 0.25) is 0 Å². The molecule has 0 aliphatic carbocycles. The zero-order valence-corrected chi connectivity index (χ0v) is 19.7. The minimum Gasteiger partial charge on any atom is -0.497 e. The fourth-order valence-electron chi connectivity index (χ4n) is 3.73. The number of rotatable bonds is 9. The van der Waals surface area contributed by atoms with Gasteiger partial charge in [0.2, 0.25) is 15.9 Å². The van der Waals surface area contributed by atoms with E-state index in [1.165, 1.54) is 4.31 Å². The van der Waals surface area contributed by atoms with Crippen molar-refractivity contribution < 1.29 is 22.7 Å². The molecule has 0 aromatic heterocycles. The van der Waals surface area contributed by atoms with Crippen LogP contribution < -0.4 is 15.0 Å². The summed E-state index contributed by atoms with van der Waals surface area (Å²) in [5.41, 5.74) is 2.07. The largest absolute Gasteiger partial charge is 0.497 e. The summed E-state index contributed by atoms with van der Waals surface area (Å²) in [5, 5.41) is 2.94. The summed E-state index contributed by atoms with van der Waals surface area (Å²) < 4.78 is 38.2. The number of methoxy groups -OCH3 is 1. The first-order chi connectivity index (χ1) is 15.4. The molecule has 1 amide bonds. The molecule has 8 nitrogen and oxygen atoms in total. The van der Waals surface area contributed by atoms with Crippen molar-refractivity contribution in [3.05, 3.63) is 48.0 Å². The summed E-state index contributed by atoms with van der Waals surface area (Å²) in [7, 11) is -2.07. The molecule has 0 unspecified atom stereocenters. The lowest BCUT2D eigenvalue weighted by atomic mass is 10.1. The molecule has 3 rings (SSSR count). The molecule has 0 radical (unpaired) electrons. The average Bonchev–Trinajstić information content (AvgIpc) is 2.80. The van der Waals surface area contributed by atoms with Crippen molar-refractivity contribution in [1.29, 1.82) is 0 Å². The highest BCUT2D eigenvalue weighted by atomic mass is 32.2. The fraction of sp³-hybridized carbons (Fsp3) is 0.435. The molecule has 1 aliphatic rings. The second-order valence-electron chi connectivity index (χ2n) is 7.44. The number of amides is 1. The highest BCUT2D eigenvalue weighted by molar-refractivity contribution is 7.89. The minimum atomic E-state index is -3.65. The van der Waals surface area contributed by atoms with E-state index in [4.69, 9.17) is 9.47 Å². The Bertz CT molecular complexity index is 1030. The molecule has 0 atom stereocenters. The minimum absolute atomic E-state index is 0.146. The predicted molar refractivity (Wildman–Crippen MR) is 125 cm³/mol. The van der Waals surface area contributed by atoms with Crippen LogP contribution in [0.3, 0.4) is 0 Å². The number of carbonyl (C=O) groups is 1. The molecular formula is C23H31N3O5S. The van der Waals surface area contributed by atoms with Crippen molar-refractivity contribution >= 4 is 27.3 Å². The van der Waals surface area contributed by atoms with Gasteiger partial charge in [-0.3, -0.25) is 4.79 Å².